The normalized spacial score (nSPS) is 11.5. The van der Waals surface area contributed by atoms with E-state index in [-0.39, 0.29) is 6.42 Å². The van der Waals surface area contributed by atoms with E-state index in [0.717, 1.165) is 0 Å². The van der Waals surface area contributed by atoms with Gasteiger partial charge in [-0.05, 0) is 18.6 Å². The van der Waals surface area contributed by atoms with Crippen LogP contribution in [0.25, 0.3) is 0 Å². The topological polar surface area (TPSA) is 82.5 Å². The van der Waals surface area contributed by atoms with E-state index in [1.165, 1.54) is 18.3 Å². The fourth-order valence-corrected chi connectivity index (χ4v) is 1.43. The third-order valence-corrected chi connectivity index (χ3v) is 2.47. The molecular formula is C13H17N3O3. The highest BCUT2D eigenvalue weighted by Crippen LogP contribution is 2.10. The molecule has 0 saturated heterocycles. The molecular weight excluding hydrogens is 246 g/mol. The molecule has 0 bridgehead atoms. The summed E-state index contributed by atoms with van der Waals surface area (Å²) in [6.07, 6.45) is 3.14. The number of carboxylic acids is 1. The zero-order chi connectivity index (χ0) is 14.4. The molecule has 1 atom stereocenters. The highest BCUT2D eigenvalue weighted by Gasteiger charge is 2.19. The number of aliphatic carboxylic acids is 1. The van der Waals surface area contributed by atoms with E-state index in [9.17, 15) is 9.59 Å². The summed E-state index contributed by atoms with van der Waals surface area (Å²) in [5.74, 6) is -0.905. The molecule has 102 valence electrons. The summed E-state index contributed by atoms with van der Waals surface area (Å²) in [5, 5.41) is 11.4. The average molecular weight is 263 g/mol. The second-order valence-electron chi connectivity index (χ2n) is 4.19. The molecule has 1 heterocycles. The highest BCUT2D eigenvalue weighted by molar-refractivity contribution is 5.97. The van der Waals surface area contributed by atoms with Gasteiger partial charge in [0.15, 0.2) is 0 Å². The van der Waals surface area contributed by atoms with E-state index >= 15 is 0 Å². The molecule has 1 rings (SSSR count). The van der Waals surface area contributed by atoms with E-state index < -0.39 is 17.9 Å². The molecule has 0 aliphatic heterocycles. The molecule has 1 aromatic heterocycles. The lowest BCUT2D eigenvalue weighted by Crippen LogP contribution is -2.40. The zero-order valence-corrected chi connectivity index (χ0v) is 11.0. The monoisotopic (exact) mass is 263 g/mol. The Balaban J connectivity index is 2.85. The van der Waals surface area contributed by atoms with Crippen LogP contribution in [0.15, 0.2) is 31.0 Å². The summed E-state index contributed by atoms with van der Waals surface area (Å²) >= 11 is 0. The number of nitrogens with one attached hydrogen (secondary N) is 1. The van der Waals surface area contributed by atoms with Crippen LogP contribution in [0.3, 0.4) is 0 Å². The van der Waals surface area contributed by atoms with Crippen LogP contribution in [-0.4, -0.2) is 42.1 Å². The van der Waals surface area contributed by atoms with Gasteiger partial charge in [0.05, 0.1) is 0 Å². The number of hydrogen-bond donors (Lipinski definition) is 2. The van der Waals surface area contributed by atoms with Gasteiger partial charge in [-0.25, -0.2) is 9.78 Å². The van der Waals surface area contributed by atoms with E-state index in [2.05, 4.69) is 16.9 Å². The van der Waals surface area contributed by atoms with Crippen LogP contribution in [0.5, 0.6) is 0 Å². The molecule has 1 unspecified atom stereocenters. The molecule has 0 aliphatic rings. The Kier molecular flexibility index (Phi) is 5.05. The Hall–Kier alpha value is -2.37. The Morgan fingerprint density at radius 2 is 2.26 bits per heavy atom. The number of hydrogen-bond acceptors (Lipinski definition) is 4. The predicted octanol–water partition coefficient (Wildman–Crippen LogP) is 0.907. The number of amides is 1. The van der Waals surface area contributed by atoms with Gasteiger partial charge in [-0.15, -0.1) is 6.58 Å². The Morgan fingerprint density at radius 3 is 2.79 bits per heavy atom. The fourth-order valence-electron chi connectivity index (χ4n) is 1.43. The number of carboxylic acid groups (broad SMARTS) is 1. The number of carbonyl (C=O) groups is 2. The van der Waals surface area contributed by atoms with Crippen molar-refractivity contribution in [2.24, 2.45) is 0 Å². The van der Waals surface area contributed by atoms with Gasteiger partial charge in [-0.1, -0.05) is 6.08 Å². The molecule has 0 saturated carbocycles. The maximum atomic E-state index is 12.0. The van der Waals surface area contributed by atoms with Crippen LogP contribution in [0.1, 0.15) is 16.8 Å². The number of aromatic nitrogens is 1. The summed E-state index contributed by atoms with van der Waals surface area (Å²) in [5.41, 5.74) is 0.369. The fraction of sp³-hybridized carbons (Fsp3) is 0.308. The van der Waals surface area contributed by atoms with Crippen molar-refractivity contribution >= 4 is 17.7 Å². The Morgan fingerprint density at radius 1 is 1.58 bits per heavy atom. The van der Waals surface area contributed by atoms with Gasteiger partial charge in [0.25, 0.3) is 5.91 Å². The maximum absolute atomic E-state index is 12.0. The number of anilines is 1. The summed E-state index contributed by atoms with van der Waals surface area (Å²) < 4.78 is 0. The zero-order valence-electron chi connectivity index (χ0n) is 11.0. The number of rotatable bonds is 6. The number of nitrogens with zero attached hydrogens (tertiary/aromatic N) is 2. The van der Waals surface area contributed by atoms with Crippen molar-refractivity contribution < 1.29 is 14.7 Å². The van der Waals surface area contributed by atoms with Crippen molar-refractivity contribution in [2.45, 2.75) is 12.5 Å². The first-order chi connectivity index (χ1) is 8.95. The molecule has 0 spiro atoms. The van der Waals surface area contributed by atoms with Gasteiger partial charge in [0.1, 0.15) is 11.9 Å². The molecule has 0 aliphatic carbocycles. The maximum Gasteiger partial charge on any atom is 0.326 e. The van der Waals surface area contributed by atoms with Crippen molar-refractivity contribution in [3.05, 3.63) is 36.5 Å². The van der Waals surface area contributed by atoms with E-state index in [1.807, 2.05) is 14.1 Å². The molecule has 6 heteroatoms. The van der Waals surface area contributed by atoms with Crippen LogP contribution in [0.2, 0.25) is 0 Å². The lowest BCUT2D eigenvalue weighted by Gasteiger charge is -2.14. The Labute approximate surface area is 111 Å². The standard InChI is InChI=1S/C13H17N3O3/c1-4-5-10(13(18)19)15-12(17)9-6-7-14-11(8-9)16(2)3/h4,6-8,10H,1,5H2,2-3H3,(H,15,17)(H,18,19). The van der Waals surface area contributed by atoms with Crippen molar-refractivity contribution in [2.75, 3.05) is 19.0 Å². The van der Waals surface area contributed by atoms with Crippen molar-refractivity contribution in [1.82, 2.24) is 10.3 Å². The predicted molar refractivity (Wildman–Crippen MR) is 72.3 cm³/mol. The SMILES string of the molecule is C=CCC(NC(=O)c1ccnc(N(C)C)c1)C(=O)O. The van der Waals surface area contributed by atoms with Gasteiger partial charge >= 0.3 is 5.97 Å². The molecule has 0 fully saturated rings. The second-order valence-corrected chi connectivity index (χ2v) is 4.19. The summed E-state index contributed by atoms with van der Waals surface area (Å²) in [4.78, 5) is 28.7. The minimum Gasteiger partial charge on any atom is -0.480 e. The second kappa shape index (κ2) is 6.53. The lowest BCUT2D eigenvalue weighted by molar-refractivity contribution is -0.139. The molecule has 19 heavy (non-hydrogen) atoms. The first-order valence-corrected chi connectivity index (χ1v) is 5.73. The average Bonchev–Trinajstić information content (AvgIpc) is 2.38. The first-order valence-electron chi connectivity index (χ1n) is 5.73. The molecule has 0 aromatic carbocycles. The molecule has 1 amide bonds. The van der Waals surface area contributed by atoms with E-state index in [4.69, 9.17) is 5.11 Å². The number of carbonyl (C=O) groups excluding carboxylic acids is 1. The van der Waals surface area contributed by atoms with E-state index in [1.54, 1.807) is 11.0 Å². The summed E-state index contributed by atoms with van der Waals surface area (Å²) in [6.45, 7) is 3.47. The van der Waals surface area contributed by atoms with Gasteiger partial charge in [-0.2, -0.15) is 0 Å². The summed E-state index contributed by atoms with van der Waals surface area (Å²) in [7, 11) is 3.61. The quantitative estimate of drug-likeness (QED) is 0.745. The van der Waals surface area contributed by atoms with E-state index in [0.29, 0.717) is 11.4 Å². The molecule has 0 radical (unpaired) electrons. The van der Waals surface area contributed by atoms with Crippen LogP contribution in [0, 0.1) is 0 Å². The summed E-state index contributed by atoms with van der Waals surface area (Å²) in [6, 6.07) is 2.16. The largest absolute Gasteiger partial charge is 0.480 e. The molecule has 1 aromatic rings. The Bertz CT molecular complexity index is 486. The third-order valence-electron chi connectivity index (χ3n) is 2.47. The van der Waals surface area contributed by atoms with Gasteiger partial charge in [0.2, 0.25) is 0 Å². The minimum absolute atomic E-state index is 0.173. The van der Waals surface area contributed by atoms with Crippen LogP contribution in [0.4, 0.5) is 5.82 Å². The first kappa shape index (κ1) is 14.7. The van der Waals surface area contributed by atoms with Crippen LogP contribution >= 0.6 is 0 Å². The van der Waals surface area contributed by atoms with Crippen molar-refractivity contribution in [3.8, 4) is 0 Å². The van der Waals surface area contributed by atoms with Crippen LogP contribution < -0.4 is 10.2 Å². The third kappa shape index (κ3) is 4.09. The van der Waals surface area contributed by atoms with Gasteiger partial charge in [0, 0.05) is 25.9 Å². The lowest BCUT2D eigenvalue weighted by atomic mass is 10.1. The number of pyridine rings is 1. The van der Waals surface area contributed by atoms with Gasteiger partial charge < -0.3 is 15.3 Å². The van der Waals surface area contributed by atoms with Crippen molar-refractivity contribution in [1.29, 1.82) is 0 Å². The van der Waals surface area contributed by atoms with Crippen LogP contribution in [-0.2, 0) is 4.79 Å². The minimum atomic E-state index is -1.09. The smallest absolute Gasteiger partial charge is 0.326 e. The highest BCUT2D eigenvalue weighted by atomic mass is 16.4. The molecule has 2 N–H and O–H groups in total. The van der Waals surface area contributed by atoms with Gasteiger partial charge in [-0.3, -0.25) is 4.79 Å². The van der Waals surface area contributed by atoms with Crippen molar-refractivity contribution in [3.63, 3.8) is 0 Å². The molecule has 6 nitrogen and oxygen atoms in total.